The van der Waals surface area contributed by atoms with Gasteiger partial charge in [0.15, 0.2) is 5.78 Å². The second-order valence-corrected chi connectivity index (χ2v) is 15.1. The van der Waals surface area contributed by atoms with Crippen molar-refractivity contribution < 1.29 is 30.8 Å². The number of rotatable bonds is 18. The van der Waals surface area contributed by atoms with E-state index in [1.54, 1.807) is 24.3 Å². The molecule has 0 bridgehead atoms. The van der Waals surface area contributed by atoms with E-state index in [4.69, 9.17) is 9.15 Å². The number of fused-ring (bicyclic) bond motifs is 1. The minimum absolute atomic E-state index is 0.0882. The van der Waals surface area contributed by atoms with E-state index in [0.29, 0.717) is 50.3 Å². The van der Waals surface area contributed by atoms with Gasteiger partial charge in [-0.3, -0.25) is 4.79 Å². The second kappa shape index (κ2) is 15.2. The van der Waals surface area contributed by atoms with Crippen LogP contribution in [0.1, 0.15) is 93.8 Å². The van der Waals surface area contributed by atoms with Gasteiger partial charge in [-0.2, -0.15) is 3.71 Å². The Bertz CT molecular complexity index is 1540. The molecule has 0 saturated carbocycles. The van der Waals surface area contributed by atoms with Crippen LogP contribution in [-0.2, 0) is 20.0 Å². The van der Waals surface area contributed by atoms with Gasteiger partial charge in [0, 0.05) is 23.4 Å². The zero-order chi connectivity index (χ0) is 31.8. The summed E-state index contributed by atoms with van der Waals surface area (Å²) < 4.78 is 62.0. The van der Waals surface area contributed by atoms with E-state index < -0.39 is 20.0 Å². The number of ether oxygens (including phenoxy) is 1. The van der Waals surface area contributed by atoms with Crippen LogP contribution in [0.5, 0.6) is 5.75 Å². The average Bonchev–Trinajstić information content (AvgIpc) is 3.33. The van der Waals surface area contributed by atoms with Crippen molar-refractivity contribution >= 4 is 42.5 Å². The lowest BCUT2D eigenvalue weighted by atomic mass is 9.94. The third-order valence-corrected chi connectivity index (χ3v) is 10.7. The monoisotopic (exact) mass is 634 g/mol. The maximum Gasteiger partial charge on any atom is 0.245 e. The Hall–Kier alpha value is -2.89. The van der Waals surface area contributed by atoms with E-state index in [1.165, 1.54) is 43.9 Å². The molecule has 9 nitrogen and oxygen atoms in total. The number of sulfonamides is 2. The number of furan rings is 1. The highest BCUT2D eigenvalue weighted by molar-refractivity contribution is 8.09. The number of nitrogens with zero attached hydrogens (tertiary/aromatic N) is 2. The number of benzene rings is 2. The first kappa shape index (κ1) is 34.6. The SMILES string of the molecule is CCCCN(CCCC)CCCOc1ccc(C(=O)c2c(C(C)CC)oc3ccc(N(S(C)(=O)=O)S(C)(=O)=O)cc23)cc1. The van der Waals surface area contributed by atoms with Crippen LogP contribution < -0.4 is 8.45 Å². The maximum atomic E-state index is 13.9. The molecule has 0 amide bonds. The summed E-state index contributed by atoms with van der Waals surface area (Å²) in [6.07, 6.45) is 8.00. The van der Waals surface area contributed by atoms with Crippen molar-refractivity contribution in [3.8, 4) is 5.75 Å². The van der Waals surface area contributed by atoms with Gasteiger partial charge in [0.25, 0.3) is 0 Å². The van der Waals surface area contributed by atoms with Crippen LogP contribution in [0.25, 0.3) is 11.0 Å². The van der Waals surface area contributed by atoms with Crippen molar-refractivity contribution in [2.75, 3.05) is 42.5 Å². The summed E-state index contributed by atoms with van der Waals surface area (Å²) in [6, 6.07) is 11.2. The maximum absolute atomic E-state index is 13.9. The molecule has 11 heteroatoms. The number of hydrogen-bond donors (Lipinski definition) is 0. The Kier molecular flexibility index (Phi) is 12.2. The molecule has 1 unspecified atom stereocenters. The van der Waals surface area contributed by atoms with Crippen molar-refractivity contribution in [3.05, 3.63) is 59.4 Å². The molecule has 0 radical (unpaired) electrons. The van der Waals surface area contributed by atoms with Gasteiger partial charge in [0.2, 0.25) is 20.0 Å². The predicted octanol–water partition coefficient (Wildman–Crippen LogP) is 6.57. The molecule has 1 heterocycles. The van der Waals surface area contributed by atoms with Gasteiger partial charge in [-0.05, 0) is 81.2 Å². The zero-order valence-electron chi connectivity index (χ0n) is 26.3. The largest absolute Gasteiger partial charge is 0.494 e. The Balaban J connectivity index is 1.85. The number of unbranched alkanes of at least 4 members (excludes halogenated alkanes) is 2. The third-order valence-electron chi connectivity index (χ3n) is 7.46. The number of carbonyl (C=O) groups is 1. The molecular weight excluding hydrogens is 588 g/mol. The van der Waals surface area contributed by atoms with Gasteiger partial charge >= 0.3 is 0 Å². The number of ketones is 1. The minimum Gasteiger partial charge on any atom is -0.494 e. The normalized spacial score (nSPS) is 13.0. The quantitative estimate of drug-likeness (QED) is 0.114. The lowest BCUT2D eigenvalue weighted by Gasteiger charge is -2.21. The van der Waals surface area contributed by atoms with Crippen LogP contribution in [0.4, 0.5) is 5.69 Å². The van der Waals surface area contributed by atoms with Crippen molar-refractivity contribution in [1.29, 1.82) is 0 Å². The lowest BCUT2D eigenvalue weighted by molar-refractivity contribution is 0.103. The van der Waals surface area contributed by atoms with Gasteiger partial charge in [-0.25, -0.2) is 16.8 Å². The molecule has 0 saturated heterocycles. The van der Waals surface area contributed by atoms with Crippen molar-refractivity contribution in [1.82, 2.24) is 4.90 Å². The van der Waals surface area contributed by atoms with E-state index in [-0.39, 0.29) is 17.4 Å². The van der Waals surface area contributed by atoms with Crippen LogP contribution in [-0.4, -0.2) is 66.3 Å². The Morgan fingerprint density at radius 2 is 1.44 bits per heavy atom. The molecule has 1 aromatic heterocycles. The summed E-state index contributed by atoms with van der Waals surface area (Å²) in [6.45, 7) is 12.1. The molecule has 2 aromatic carbocycles. The van der Waals surface area contributed by atoms with E-state index in [2.05, 4.69) is 18.7 Å². The van der Waals surface area contributed by atoms with Gasteiger partial charge in [-0.1, -0.05) is 40.5 Å². The molecular formula is C32H46N2O7S2. The summed E-state index contributed by atoms with van der Waals surface area (Å²) in [5.41, 5.74) is 0.991. The number of anilines is 1. The first-order valence-electron chi connectivity index (χ1n) is 15.1. The summed E-state index contributed by atoms with van der Waals surface area (Å²) in [5, 5.41) is 0.353. The van der Waals surface area contributed by atoms with Crippen LogP contribution in [0.2, 0.25) is 0 Å². The summed E-state index contributed by atoms with van der Waals surface area (Å²) in [5.74, 6) is 0.739. The molecule has 0 spiro atoms. The van der Waals surface area contributed by atoms with Crippen molar-refractivity contribution in [3.63, 3.8) is 0 Å². The highest BCUT2D eigenvalue weighted by Crippen LogP contribution is 2.37. The van der Waals surface area contributed by atoms with Crippen molar-refractivity contribution in [2.45, 2.75) is 72.1 Å². The highest BCUT2D eigenvalue weighted by Gasteiger charge is 2.30. The van der Waals surface area contributed by atoms with Gasteiger partial charge < -0.3 is 14.1 Å². The highest BCUT2D eigenvalue weighted by atomic mass is 32.3. The van der Waals surface area contributed by atoms with Crippen LogP contribution >= 0.6 is 0 Å². The topological polar surface area (TPSA) is 114 Å². The molecule has 43 heavy (non-hydrogen) atoms. The fourth-order valence-corrected chi connectivity index (χ4v) is 8.00. The van der Waals surface area contributed by atoms with Gasteiger partial charge in [-0.15, -0.1) is 0 Å². The Morgan fingerprint density at radius 1 is 0.860 bits per heavy atom. The number of hydrogen-bond acceptors (Lipinski definition) is 8. The zero-order valence-corrected chi connectivity index (χ0v) is 27.9. The van der Waals surface area contributed by atoms with Crippen LogP contribution in [0.15, 0.2) is 46.9 Å². The third kappa shape index (κ3) is 9.06. The lowest BCUT2D eigenvalue weighted by Crippen LogP contribution is -2.35. The Morgan fingerprint density at radius 3 is 1.98 bits per heavy atom. The van der Waals surface area contributed by atoms with Crippen molar-refractivity contribution in [2.24, 2.45) is 0 Å². The van der Waals surface area contributed by atoms with E-state index in [9.17, 15) is 21.6 Å². The smallest absolute Gasteiger partial charge is 0.245 e. The molecule has 0 aliphatic heterocycles. The van der Waals surface area contributed by atoms with E-state index in [1.807, 2.05) is 13.8 Å². The molecule has 0 N–H and O–H groups in total. The van der Waals surface area contributed by atoms with E-state index in [0.717, 1.165) is 38.6 Å². The number of carbonyl (C=O) groups excluding carboxylic acids is 1. The first-order valence-corrected chi connectivity index (χ1v) is 18.8. The molecule has 1 atom stereocenters. The first-order chi connectivity index (χ1) is 20.3. The molecule has 3 aromatic rings. The second-order valence-electron chi connectivity index (χ2n) is 11.2. The average molecular weight is 635 g/mol. The Labute approximate surface area is 257 Å². The minimum atomic E-state index is -4.16. The van der Waals surface area contributed by atoms with E-state index >= 15 is 0 Å². The fraction of sp³-hybridized carbons (Fsp3) is 0.531. The molecule has 0 aliphatic carbocycles. The molecule has 0 aliphatic rings. The van der Waals surface area contributed by atoms with Gasteiger partial charge in [0.05, 0.1) is 30.4 Å². The molecule has 238 valence electrons. The van der Waals surface area contributed by atoms with Crippen LogP contribution in [0.3, 0.4) is 0 Å². The molecule has 0 fully saturated rings. The summed E-state index contributed by atoms with van der Waals surface area (Å²) in [4.78, 5) is 16.4. The fourth-order valence-electron chi connectivity index (χ4n) is 5.04. The standard InChI is InChI=1S/C32H46N2O7S2/c1-7-10-19-33(20-11-8-2)21-12-22-40-27-16-13-25(14-17-27)31(35)30-28-23-26(34(42(5,36)37)43(6,38)39)15-18-29(28)41-32(30)24(4)9-3/h13-18,23-24H,7-12,19-22H2,1-6H3. The summed E-state index contributed by atoms with van der Waals surface area (Å²) >= 11 is 0. The molecule has 3 rings (SSSR count). The predicted molar refractivity (Wildman–Crippen MR) is 173 cm³/mol. The van der Waals surface area contributed by atoms with Crippen LogP contribution in [0, 0.1) is 0 Å². The van der Waals surface area contributed by atoms with Gasteiger partial charge in [0.1, 0.15) is 17.1 Å². The summed E-state index contributed by atoms with van der Waals surface area (Å²) in [7, 11) is -8.32.